The third-order valence-corrected chi connectivity index (χ3v) is 3.60. The monoisotopic (exact) mass is 277 g/mol. The molecule has 0 unspecified atom stereocenters. The highest BCUT2D eigenvalue weighted by Crippen LogP contribution is 2.33. The Morgan fingerprint density at radius 3 is 2.65 bits per heavy atom. The Balaban J connectivity index is 2.00. The second-order valence-corrected chi connectivity index (χ2v) is 4.96. The van der Waals surface area contributed by atoms with Crippen molar-refractivity contribution < 1.29 is 19.4 Å². The SMILES string of the molecule is CCOc1ccccc1NC(=O)[C@@H]1CC[C@H](C(=O)O)C1. The van der Waals surface area contributed by atoms with Crippen molar-refractivity contribution in [1.29, 1.82) is 0 Å². The summed E-state index contributed by atoms with van der Waals surface area (Å²) >= 11 is 0. The number of amides is 1. The lowest BCUT2D eigenvalue weighted by Gasteiger charge is -2.14. The number of para-hydroxylation sites is 2. The Kier molecular flexibility index (Phi) is 4.61. The number of hydrogen-bond acceptors (Lipinski definition) is 3. The maximum atomic E-state index is 12.2. The molecule has 0 aliphatic heterocycles. The summed E-state index contributed by atoms with van der Waals surface area (Å²) in [6.45, 7) is 2.41. The van der Waals surface area contributed by atoms with Crippen LogP contribution in [-0.4, -0.2) is 23.6 Å². The molecule has 5 heteroatoms. The lowest BCUT2D eigenvalue weighted by molar-refractivity contribution is -0.141. The molecule has 1 aromatic rings. The van der Waals surface area contributed by atoms with Gasteiger partial charge in [-0.25, -0.2) is 0 Å². The van der Waals surface area contributed by atoms with Gasteiger partial charge in [-0.1, -0.05) is 12.1 Å². The topological polar surface area (TPSA) is 75.6 Å². The number of carboxylic acid groups (broad SMARTS) is 1. The standard InChI is InChI=1S/C15H19NO4/c1-2-20-13-6-4-3-5-12(13)16-14(17)10-7-8-11(9-10)15(18)19/h3-6,10-11H,2,7-9H2,1H3,(H,16,17)(H,18,19)/t10-,11+/m1/s1. The summed E-state index contributed by atoms with van der Waals surface area (Å²) in [5, 5.41) is 11.8. The lowest BCUT2D eigenvalue weighted by atomic mass is 10.0. The van der Waals surface area contributed by atoms with Gasteiger partial charge in [-0.3, -0.25) is 9.59 Å². The summed E-state index contributed by atoms with van der Waals surface area (Å²) in [5.74, 6) is -0.925. The van der Waals surface area contributed by atoms with Gasteiger partial charge in [-0.15, -0.1) is 0 Å². The number of hydrogen-bond donors (Lipinski definition) is 2. The Labute approximate surface area is 117 Å². The first-order valence-electron chi connectivity index (χ1n) is 6.87. The zero-order chi connectivity index (χ0) is 14.5. The first-order valence-corrected chi connectivity index (χ1v) is 6.87. The van der Waals surface area contributed by atoms with Gasteiger partial charge in [0.2, 0.25) is 5.91 Å². The van der Waals surface area contributed by atoms with Crippen LogP contribution in [0.15, 0.2) is 24.3 Å². The van der Waals surface area contributed by atoms with Crippen LogP contribution in [0.25, 0.3) is 0 Å². The zero-order valence-electron chi connectivity index (χ0n) is 11.5. The van der Waals surface area contributed by atoms with Crippen LogP contribution in [0.4, 0.5) is 5.69 Å². The van der Waals surface area contributed by atoms with Crippen LogP contribution in [-0.2, 0) is 9.59 Å². The average Bonchev–Trinajstić information content (AvgIpc) is 2.91. The minimum Gasteiger partial charge on any atom is -0.492 e. The van der Waals surface area contributed by atoms with E-state index in [9.17, 15) is 9.59 Å². The Morgan fingerprint density at radius 2 is 2.00 bits per heavy atom. The molecule has 108 valence electrons. The molecule has 20 heavy (non-hydrogen) atoms. The molecule has 0 radical (unpaired) electrons. The molecule has 0 heterocycles. The summed E-state index contributed by atoms with van der Waals surface area (Å²) in [7, 11) is 0. The maximum absolute atomic E-state index is 12.2. The number of carboxylic acids is 1. The summed E-state index contributed by atoms with van der Waals surface area (Å²) in [5.41, 5.74) is 0.637. The molecule has 1 aliphatic rings. The molecule has 5 nitrogen and oxygen atoms in total. The molecule has 0 aromatic heterocycles. The van der Waals surface area contributed by atoms with Crippen LogP contribution in [0.2, 0.25) is 0 Å². The van der Waals surface area contributed by atoms with Crippen molar-refractivity contribution in [3.05, 3.63) is 24.3 Å². The van der Waals surface area contributed by atoms with Crippen molar-refractivity contribution in [3.8, 4) is 5.75 Å². The molecule has 1 aromatic carbocycles. The second kappa shape index (κ2) is 6.41. The van der Waals surface area contributed by atoms with E-state index >= 15 is 0 Å². The number of rotatable bonds is 5. The highest BCUT2D eigenvalue weighted by Gasteiger charge is 2.34. The van der Waals surface area contributed by atoms with Gasteiger partial charge in [0.25, 0.3) is 0 Å². The van der Waals surface area contributed by atoms with Gasteiger partial charge < -0.3 is 15.2 Å². The Morgan fingerprint density at radius 1 is 1.30 bits per heavy atom. The van der Waals surface area contributed by atoms with E-state index in [0.29, 0.717) is 37.3 Å². The molecule has 1 fully saturated rings. The van der Waals surface area contributed by atoms with Gasteiger partial charge >= 0.3 is 5.97 Å². The van der Waals surface area contributed by atoms with Gasteiger partial charge in [0.15, 0.2) is 0 Å². The van der Waals surface area contributed by atoms with Crippen LogP contribution in [0, 0.1) is 11.8 Å². The summed E-state index contributed by atoms with van der Waals surface area (Å²) in [6, 6.07) is 7.25. The van der Waals surface area contributed by atoms with Crippen molar-refractivity contribution >= 4 is 17.6 Å². The second-order valence-electron chi connectivity index (χ2n) is 4.96. The Bertz CT molecular complexity index is 500. The number of carbonyl (C=O) groups is 2. The molecule has 1 aliphatic carbocycles. The molecule has 2 atom stereocenters. The summed E-state index contributed by atoms with van der Waals surface area (Å²) < 4.78 is 5.45. The van der Waals surface area contributed by atoms with Crippen LogP contribution >= 0.6 is 0 Å². The number of benzene rings is 1. The molecule has 0 saturated heterocycles. The van der Waals surface area contributed by atoms with E-state index < -0.39 is 11.9 Å². The maximum Gasteiger partial charge on any atom is 0.306 e. The highest BCUT2D eigenvalue weighted by atomic mass is 16.5. The molecule has 0 bridgehead atoms. The van der Waals surface area contributed by atoms with Crippen molar-refractivity contribution in [2.45, 2.75) is 26.2 Å². The molecular formula is C15H19NO4. The average molecular weight is 277 g/mol. The molecule has 1 amide bonds. The van der Waals surface area contributed by atoms with Gasteiger partial charge in [0, 0.05) is 5.92 Å². The van der Waals surface area contributed by atoms with E-state index in [-0.39, 0.29) is 11.8 Å². The fourth-order valence-corrected chi connectivity index (χ4v) is 2.53. The lowest BCUT2D eigenvalue weighted by Crippen LogP contribution is -2.22. The van der Waals surface area contributed by atoms with Crippen molar-refractivity contribution in [2.75, 3.05) is 11.9 Å². The molecule has 1 saturated carbocycles. The molecule has 2 rings (SSSR count). The number of aliphatic carboxylic acids is 1. The molecule has 2 N–H and O–H groups in total. The van der Waals surface area contributed by atoms with Crippen LogP contribution in [0.3, 0.4) is 0 Å². The molecular weight excluding hydrogens is 258 g/mol. The normalized spacial score (nSPS) is 21.4. The number of nitrogens with one attached hydrogen (secondary N) is 1. The quantitative estimate of drug-likeness (QED) is 0.867. The highest BCUT2D eigenvalue weighted by molar-refractivity contribution is 5.94. The third kappa shape index (κ3) is 3.29. The van der Waals surface area contributed by atoms with E-state index in [0.717, 1.165) is 0 Å². The number of ether oxygens (including phenoxy) is 1. The van der Waals surface area contributed by atoms with E-state index in [2.05, 4.69) is 5.32 Å². The van der Waals surface area contributed by atoms with Crippen LogP contribution in [0.5, 0.6) is 5.75 Å². The van der Waals surface area contributed by atoms with Crippen LogP contribution in [0.1, 0.15) is 26.2 Å². The number of carbonyl (C=O) groups excluding carboxylic acids is 1. The van der Waals surface area contributed by atoms with Crippen molar-refractivity contribution in [1.82, 2.24) is 0 Å². The van der Waals surface area contributed by atoms with Gasteiger partial charge in [-0.2, -0.15) is 0 Å². The van der Waals surface area contributed by atoms with Gasteiger partial charge in [-0.05, 0) is 38.3 Å². The summed E-state index contributed by atoms with van der Waals surface area (Å²) in [6.07, 6.45) is 1.61. The predicted octanol–water partition coefficient (Wildman–Crippen LogP) is 2.52. The zero-order valence-corrected chi connectivity index (χ0v) is 11.5. The third-order valence-electron chi connectivity index (χ3n) is 3.60. The van der Waals surface area contributed by atoms with E-state index in [4.69, 9.17) is 9.84 Å². The van der Waals surface area contributed by atoms with E-state index in [1.165, 1.54) is 0 Å². The van der Waals surface area contributed by atoms with Gasteiger partial charge in [0.05, 0.1) is 18.2 Å². The van der Waals surface area contributed by atoms with Crippen LogP contribution < -0.4 is 10.1 Å². The minimum atomic E-state index is -0.810. The van der Waals surface area contributed by atoms with E-state index in [1.807, 2.05) is 19.1 Å². The fraction of sp³-hybridized carbons (Fsp3) is 0.467. The van der Waals surface area contributed by atoms with E-state index in [1.54, 1.807) is 12.1 Å². The fourth-order valence-electron chi connectivity index (χ4n) is 2.53. The van der Waals surface area contributed by atoms with Gasteiger partial charge in [0.1, 0.15) is 5.75 Å². The molecule has 0 spiro atoms. The first kappa shape index (κ1) is 14.4. The minimum absolute atomic E-state index is 0.124. The summed E-state index contributed by atoms with van der Waals surface area (Å²) in [4.78, 5) is 23.1. The van der Waals surface area contributed by atoms with Crippen molar-refractivity contribution in [2.24, 2.45) is 11.8 Å². The predicted molar refractivity (Wildman–Crippen MR) is 74.7 cm³/mol. The van der Waals surface area contributed by atoms with Crippen molar-refractivity contribution in [3.63, 3.8) is 0 Å². The Hall–Kier alpha value is -2.04. The number of anilines is 1. The first-order chi connectivity index (χ1) is 9.61. The largest absolute Gasteiger partial charge is 0.492 e. The smallest absolute Gasteiger partial charge is 0.306 e.